The van der Waals surface area contributed by atoms with Crippen LogP contribution in [0.15, 0.2) is 89.4 Å². The molecule has 2 unspecified atom stereocenters. The molecule has 5 nitrogen and oxygen atoms in total. The van der Waals surface area contributed by atoms with Crippen LogP contribution in [0.5, 0.6) is 0 Å². The summed E-state index contributed by atoms with van der Waals surface area (Å²) in [5.41, 5.74) is 2.72. The van der Waals surface area contributed by atoms with Gasteiger partial charge in [0.15, 0.2) is 0 Å². The molecule has 0 saturated carbocycles. The summed E-state index contributed by atoms with van der Waals surface area (Å²) in [6.07, 6.45) is 4.44. The van der Waals surface area contributed by atoms with Gasteiger partial charge in [-0.1, -0.05) is 64.5 Å². The molecular formula is C23H19BrN2O3. The van der Waals surface area contributed by atoms with Crippen molar-refractivity contribution in [2.45, 2.75) is 18.6 Å². The maximum atomic E-state index is 11.3. The van der Waals surface area contributed by atoms with Gasteiger partial charge in [-0.25, -0.2) is 5.06 Å². The Bertz CT molecular complexity index is 1020. The molecule has 1 saturated heterocycles. The Balaban J connectivity index is 1.64. The van der Waals surface area contributed by atoms with Crippen molar-refractivity contribution in [1.29, 1.82) is 0 Å². The van der Waals surface area contributed by atoms with E-state index in [0.717, 1.165) is 22.1 Å². The molecule has 0 amide bonds. The Hall–Kier alpha value is -2.96. The van der Waals surface area contributed by atoms with Gasteiger partial charge < -0.3 is 0 Å². The lowest BCUT2D eigenvalue weighted by Gasteiger charge is -2.22. The summed E-state index contributed by atoms with van der Waals surface area (Å²) in [7, 11) is 0. The highest BCUT2D eigenvalue weighted by Crippen LogP contribution is 2.37. The Morgan fingerprint density at radius 3 is 2.41 bits per heavy atom. The minimum Gasteiger partial charge on any atom is -0.265 e. The van der Waals surface area contributed by atoms with Crippen LogP contribution < -0.4 is 5.06 Å². The fourth-order valence-electron chi connectivity index (χ4n) is 3.44. The monoisotopic (exact) mass is 450 g/mol. The van der Waals surface area contributed by atoms with Gasteiger partial charge in [0.25, 0.3) is 5.69 Å². The van der Waals surface area contributed by atoms with Crippen molar-refractivity contribution in [3.63, 3.8) is 0 Å². The Morgan fingerprint density at radius 1 is 1.00 bits per heavy atom. The van der Waals surface area contributed by atoms with Gasteiger partial charge in [-0.2, -0.15) is 0 Å². The van der Waals surface area contributed by atoms with Crippen molar-refractivity contribution in [2.24, 2.45) is 0 Å². The molecular weight excluding hydrogens is 432 g/mol. The number of anilines is 1. The minimum absolute atomic E-state index is 0.0501. The van der Waals surface area contributed by atoms with Gasteiger partial charge in [-0.05, 0) is 42.0 Å². The van der Waals surface area contributed by atoms with E-state index in [-0.39, 0.29) is 22.8 Å². The number of benzene rings is 3. The number of para-hydroxylation sites is 2. The zero-order valence-electron chi connectivity index (χ0n) is 15.5. The molecule has 3 aromatic rings. The standard InChI is InChI=1S/C23H19BrN2O3/c24-19-13-10-18(11-14-19)23-16-21(25(29-23)20-7-2-1-3-8-20)15-12-17-6-4-5-9-22(17)26(27)28/h1-15,21,23H,16H2/b15-12+. The number of hydrogen-bond acceptors (Lipinski definition) is 4. The summed E-state index contributed by atoms with van der Waals surface area (Å²) in [4.78, 5) is 17.2. The zero-order valence-corrected chi connectivity index (χ0v) is 17.1. The lowest BCUT2D eigenvalue weighted by atomic mass is 10.0. The average molecular weight is 451 g/mol. The Morgan fingerprint density at radius 2 is 1.69 bits per heavy atom. The predicted molar refractivity (Wildman–Crippen MR) is 117 cm³/mol. The predicted octanol–water partition coefficient (Wildman–Crippen LogP) is 6.32. The molecule has 1 heterocycles. The number of rotatable bonds is 5. The van der Waals surface area contributed by atoms with Crippen LogP contribution in [-0.4, -0.2) is 11.0 Å². The molecule has 29 heavy (non-hydrogen) atoms. The third kappa shape index (κ3) is 4.39. The van der Waals surface area contributed by atoms with Crippen molar-refractivity contribution in [1.82, 2.24) is 0 Å². The van der Waals surface area contributed by atoms with Gasteiger partial charge in [-0.3, -0.25) is 15.0 Å². The smallest absolute Gasteiger partial charge is 0.265 e. The topological polar surface area (TPSA) is 55.6 Å². The molecule has 6 heteroatoms. The highest BCUT2D eigenvalue weighted by atomic mass is 79.9. The van der Waals surface area contributed by atoms with Crippen LogP contribution in [-0.2, 0) is 4.84 Å². The normalized spacial score (nSPS) is 19.0. The summed E-state index contributed by atoms with van der Waals surface area (Å²) in [5, 5.41) is 13.2. The van der Waals surface area contributed by atoms with E-state index in [0.29, 0.717) is 5.56 Å². The highest BCUT2D eigenvalue weighted by Gasteiger charge is 2.33. The van der Waals surface area contributed by atoms with E-state index in [2.05, 4.69) is 15.9 Å². The first-order valence-electron chi connectivity index (χ1n) is 9.30. The molecule has 0 spiro atoms. The summed E-state index contributed by atoms with van der Waals surface area (Å²) >= 11 is 3.47. The number of nitro groups is 1. The lowest BCUT2D eigenvalue weighted by molar-refractivity contribution is -0.385. The summed E-state index contributed by atoms with van der Waals surface area (Å²) in [6.45, 7) is 0. The second kappa shape index (κ2) is 8.59. The van der Waals surface area contributed by atoms with Crippen LogP contribution in [0, 0.1) is 10.1 Å². The molecule has 2 atom stereocenters. The highest BCUT2D eigenvalue weighted by molar-refractivity contribution is 9.10. The Labute approximate surface area is 177 Å². The molecule has 0 aromatic heterocycles. The Kier molecular flexibility index (Phi) is 5.74. The van der Waals surface area contributed by atoms with Gasteiger partial charge in [0, 0.05) is 17.0 Å². The van der Waals surface area contributed by atoms with Crippen LogP contribution in [0.1, 0.15) is 23.7 Å². The lowest BCUT2D eigenvalue weighted by Crippen LogP contribution is -2.25. The summed E-state index contributed by atoms with van der Waals surface area (Å²) in [5.74, 6) is 0. The largest absolute Gasteiger partial charge is 0.276 e. The van der Waals surface area contributed by atoms with Crippen molar-refractivity contribution in [3.8, 4) is 0 Å². The molecule has 0 aliphatic carbocycles. The molecule has 0 bridgehead atoms. The van der Waals surface area contributed by atoms with E-state index in [4.69, 9.17) is 4.84 Å². The molecule has 0 N–H and O–H groups in total. The van der Waals surface area contributed by atoms with Crippen LogP contribution in [0.3, 0.4) is 0 Å². The number of nitrogens with zero attached hydrogens (tertiary/aromatic N) is 2. The maximum absolute atomic E-state index is 11.3. The quantitative estimate of drug-likeness (QED) is 0.336. The van der Waals surface area contributed by atoms with Gasteiger partial charge in [0.05, 0.1) is 22.2 Å². The van der Waals surface area contributed by atoms with Gasteiger partial charge in [0.1, 0.15) is 6.10 Å². The molecule has 4 rings (SSSR count). The van der Waals surface area contributed by atoms with Crippen molar-refractivity contribution < 1.29 is 9.76 Å². The van der Waals surface area contributed by atoms with Crippen molar-refractivity contribution in [2.75, 3.05) is 5.06 Å². The first kappa shape index (κ1) is 19.4. The number of halogens is 1. The number of hydrogen-bond donors (Lipinski definition) is 0. The number of hydroxylamine groups is 1. The second-order valence-corrected chi connectivity index (χ2v) is 7.70. The minimum atomic E-state index is -0.357. The van der Waals surface area contributed by atoms with E-state index in [1.807, 2.05) is 71.8 Å². The first-order chi connectivity index (χ1) is 14.1. The fourth-order valence-corrected chi connectivity index (χ4v) is 3.71. The van der Waals surface area contributed by atoms with E-state index < -0.39 is 0 Å². The first-order valence-corrected chi connectivity index (χ1v) is 10.1. The van der Waals surface area contributed by atoms with Crippen molar-refractivity contribution in [3.05, 3.63) is 111 Å². The molecule has 3 aromatic carbocycles. The van der Waals surface area contributed by atoms with Gasteiger partial charge >= 0.3 is 0 Å². The fraction of sp³-hybridized carbons (Fsp3) is 0.130. The van der Waals surface area contributed by atoms with E-state index >= 15 is 0 Å². The van der Waals surface area contributed by atoms with E-state index in [1.165, 1.54) is 6.07 Å². The van der Waals surface area contributed by atoms with Crippen molar-refractivity contribution >= 4 is 33.4 Å². The summed E-state index contributed by atoms with van der Waals surface area (Å²) < 4.78 is 1.02. The SMILES string of the molecule is O=[N+]([O-])c1ccccc1/C=C/C1CC(c2ccc(Br)cc2)ON1c1ccccc1. The molecule has 1 aliphatic rings. The molecule has 1 fully saturated rings. The average Bonchev–Trinajstić information content (AvgIpc) is 3.18. The van der Waals surface area contributed by atoms with Gasteiger partial charge in [-0.15, -0.1) is 0 Å². The van der Waals surface area contributed by atoms with Crippen LogP contribution in [0.4, 0.5) is 11.4 Å². The summed E-state index contributed by atoms with van der Waals surface area (Å²) in [6, 6.07) is 24.7. The van der Waals surface area contributed by atoms with E-state index in [1.54, 1.807) is 18.2 Å². The van der Waals surface area contributed by atoms with E-state index in [9.17, 15) is 10.1 Å². The van der Waals surface area contributed by atoms with Crippen LogP contribution in [0.25, 0.3) is 6.08 Å². The van der Waals surface area contributed by atoms with Gasteiger partial charge in [0.2, 0.25) is 0 Å². The second-order valence-electron chi connectivity index (χ2n) is 6.79. The molecule has 146 valence electrons. The maximum Gasteiger partial charge on any atom is 0.276 e. The number of nitro benzene ring substituents is 1. The van der Waals surface area contributed by atoms with Crippen LogP contribution in [0.2, 0.25) is 0 Å². The van der Waals surface area contributed by atoms with Crippen LogP contribution >= 0.6 is 15.9 Å². The molecule has 0 radical (unpaired) electrons. The third-order valence-electron chi connectivity index (χ3n) is 4.88. The third-order valence-corrected chi connectivity index (χ3v) is 5.41. The zero-order chi connectivity index (χ0) is 20.2. The molecule has 1 aliphatic heterocycles.